The minimum Gasteiger partial charge on any atom is -0.489 e. The highest BCUT2D eigenvalue weighted by Gasteiger charge is 2.30. The predicted molar refractivity (Wildman–Crippen MR) is 111 cm³/mol. The largest absolute Gasteiger partial charge is 0.489 e. The second kappa shape index (κ2) is 7.70. The van der Waals surface area contributed by atoms with Crippen LogP contribution in [0.25, 0.3) is 6.08 Å². The number of carbonyl (C=O) groups excluding carboxylic acids is 1. The van der Waals surface area contributed by atoms with Crippen molar-refractivity contribution in [3.8, 4) is 11.5 Å². The SMILES string of the molecule is Cc1cc(OCc2ccc(Cl)cc2)cc2c1C(=O)/C(=C/c1ccccc1Cl)O2. The van der Waals surface area contributed by atoms with Gasteiger partial charge in [-0.2, -0.15) is 0 Å². The summed E-state index contributed by atoms with van der Waals surface area (Å²) in [6.45, 7) is 2.26. The minimum absolute atomic E-state index is 0.156. The molecule has 3 aromatic carbocycles. The third-order valence-electron chi connectivity index (χ3n) is 4.45. The summed E-state index contributed by atoms with van der Waals surface area (Å²) in [7, 11) is 0. The minimum atomic E-state index is -0.156. The number of fused-ring (bicyclic) bond motifs is 1. The van der Waals surface area contributed by atoms with Gasteiger partial charge in [0.05, 0.1) is 5.56 Å². The van der Waals surface area contributed by atoms with Crippen molar-refractivity contribution in [2.75, 3.05) is 0 Å². The van der Waals surface area contributed by atoms with Gasteiger partial charge in [-0.05, 0) is 54.0 Å². The maximum absolute atomic E-state index is 12.8. The molecule has 0 fully saturated rings. The highest BCUT2D eigenvalue weighted by Crippen LogP contribution is 2.38. The van der Waals surface area contributed by atoms with Crippen LogP contribution in [0.1, 0.15) is 27.0 Å². The molecule has 140 valence electrons. The van der Waals surface area contributed by atoms with Crippen molar-refractivity contribution in [2.45, 2.75) is 13.5 Å². The Hall–Kier alpha value is -2.75. The van der Waals surface area contributed by atoms with Crippen LogP contribution in [0.2, 0.25) is 10.0 Å². The van der Waals surface area contributed by atoms with Gasteiger partial charge in [0.1, 0.15) is 18.1 Å². The molecule has 4 rings (SSSR count). The molecule has 0 atom stereocenters. The molecule has 0 unspecified atom stereocenters. The van der Waals surface area contributed by atoms with Crippen LogP contribution in [0.15, 0.2) is 66.4 Å². The first-order valence-electron chi connectivity index (χ1n) is 8.72. The summed E-state index contributed by atoms with van der Waals surface area (Å²) in [6, 6.07) is 18.3. The van der Waals surface area contributed by atoms with Crippen molar-refractivity contribution in [3.63, 3.8) is 0 Å². The fourth-order valence-electron chi connectivity index (χ4n) is 3.04. The lowest BCUT2D eigenvalue weighted by atomic mass is 10.0. The maximum atomic E-state index is 12.8. The summed E-state index contributed by atoms with van der Waals surface area (Å²) in [6.07, 6.45) is 1.67. The molecule has 0 saturated heterocycles. The summed E-state index contributed by atoms with van der Waals surface area (Å²) in [5, 5.41) is 1.24. The highest BCUT2D eigenvalue weighted by atomic mass is 35.5. The number of rotatable bonds is 4. The van der Waals surface area contributed by atoms with E-state index in [1.54, 1.807) is 18.2 Å². The second-order valence-electron chi connectivity index (χ2n) is 6.49. The van der Waals surface area contributed by atoms with E-state index < -0.39 is 0 Å². The van der Waals surface area contributed by atoms with E-state index in [9.17, 15) is 4.79 Å². The second-order valence-corrected chi connectivity index (χ2v) is 7.33. The van der Waals surface area contributed by atoms with Crippen LogP contribution in [-0.4, -0.2) is 5.78 Å². The Morgan fingerprint density at radius 3 is 2.54 bits per heavy atom. The van der Waals surface area contributed by atoms with E-state index in [2.05, 4.69) is 0 Å². The van der Waals surface area contributed by atoms with Gasteiger partial charge in [-0.15, -0.1) is 0 Å². The molecule has 1 aliphatic heterocycles. The third-order valence-corrected chi connectivity index (χ3v) is 5.05. The van der Waals surface area contributed by atoms with Gasteiger partial charge in [-0.1, -0.05) is 53.5 Å². The van der Waals surface area contributed by atoms with Crippen molar-refractivity contribution in [2.24, 2.45) is 0 Å². The summed E-state index contributed by atoms with van der Waals surface area (Å²) in [4.78, 5) is 12.8. The molecule has 1 aliphatic rings. The number of halogens is 2. The zero-order valence-corrected chi connectivity index (χ0v) is 16.6. The van der Waals surface area contributed by atoms with Crippen molar-refractivity contribution < 1.29 is 14.3 Å². The molecule has 0 aliphatic carbocycles. The van der Waals surface area contributed by atoms with Gasteiger partial charge in [0.2, 0.25) is 5.78 Å². The molecule has 0 N–H and O–H groups in total. The zero-order valence-electron chi connectivity index (χ0n) is 15.0. The van der Waals surface area contributed by atoms with Gasteiger partial charge in [-0.25, -0.2) is 0 Å². The fraction of sp³-hybridized carbons (Fsp3) is 0.0870. The van der Waals surface area contributed by atoms with Crippen LogP contribution < -0.4 is 9.47 Å². The topological polar surface area (TPSA) is 35.5 Å². The molecule has 3 nitrogen and oxygen atoms in total. The maximum Gasteiger partial charge on any atom is 0.232 e. The summed E-state index contributed by atoms with van der Waals surface area (Å²) in [5.74, 6) is 1.23. The Balaban J connectivity index is 1.57. The molecule has 0 saturated carbocycles. The Morgan fingerprint density at radius 2 is 1.79 bits per heavy atom. The van der Waals surface area contributed by atoms with Crippen LogP contribution in [0, 0.1) is 6.92 Å². The number of ether oxygens (including phenoxy) is 2. The van der Waals surface area contributed by atoms with E-state index in [4.69, 9.17) is 32.7 Å². The molecule has 5 heteroatoms. The molecule has 28 heavy (non-hydrogen) atoms. The highest BCUT2D eigenvalue weighted by molar-refractivity contribution is 6.32. The Bertz CT molecular complexity index is 1090. The molecule has 0 spiro atoms. The number of benzene rings is 3. The fourth-order valence-corrected chi connectivity index (χ4v) is 3.36. The van der Waals surface area contributed by atoms with Crippen LogP contribution in [0.5, 0.6) is 11.5 Å². The number of hydrogen-bond donors (Lipinski definition) is 0. The quantitative estimate of drug-likeness (QED) is 0.460. The van der Waals surface area contributed by atoms with E-state index >= 15 is 0 Å². The normalized spacial score (nSPS) is 14.1. The van der Waals surface area contributed by atoms with Crippen molar-refractivity contribution >= 4 is 35.1 Å². The molecule has 3 aromatic rings. The number of ketones is 1. The van der Waals surface area contributed by atoms with Crippen molar-refractivity contribution in [3.05, 3.63) is 98.7 Å². The lowest BCUT2D eigenvalue weighted by Gasteiger charge is -2.09. The molecule has 0 amide bonds. The first-order chi connectivity index (χ1) is 13.5. The lowest BCUT2D eigenvalue weighted by Crippen LogP contribution is -2.00. The average molecular weight is 411 g/mol. The van der Waals surface area contributed by atoms with E-state index in [-0.39, 0.29) is 11.5 Å². The molecule has 0 aromatic heterocycles. The van der Waals surface area contributed by atoms with Gasteiger partial charge in [-0.3, -0.25) is 4.79 Å². The predicted octanol–water partition coefficient (Wildman–Crippen LogP) is 6.50. The monoisotopic (exact) mass is 410 g/mol. The average Bonchev–Trinajstić information content (AvgIpc) is 2.99. The third kappa shape index (κ3) is 3.77. The Labute approximate surface area is 173 Å². The van der Waals surface area contributed by atoms with Crippen LogP contribution in [-0.2, 0) is 6.61 Å². The smallest absolute Gasteiger partial charge is 0.232 e. The molecule has 0 radical (unpaired) electrons. The van der Waals surface area contributed by atoms with Crippen LogP contribution in [0.4, 0.5) is 0 Å². The van der Waals surface area contributed by atoms with E-state index in [0.29, 0.717) is 33.7 Å². The Kier molecular flexibility index (Phi) is 5.12. The summed E-state index contributed by atoms with van der Waals surface area (Å²) in [5.41, 5.74) is 3.09. The number of aryl methyl sites for hydroxylation is 1. The Morgan fingerprint density at radius 1 is 1.04 bits per heavy atom. The van der Waals surface area contributed by atoms with E-state index in [0.717, 1.165) is 16.7 Å². The van der Waals surface area contributed by atoms with Gasteiger partial charge in [0.15, 0.2) is 5.76 Å². The lowest BCUT2D eigenvalue weighted by molar-refractivity contribution is 0.101. The first kappa shape index (κ1) is 18.6. The number of allylic oxidation sites excluding steroid dienone is 1. The molecular weight excluding hydrogens is 395 g/mol. The van der Waals surface area contributed by atoms with Gasteiger partial charge in [0.25, 0.3) is 0 Å². The number of hydrogen-bond acceptors (Lipinski definition) is 3. The number of Topliss-reactive ketones (excluding diaryl/α,β-unsaturated/α-hetero) is 1. The number of carbonyl (C=O) groups is 1. The summed E-state index contributed by atoms with van der Waals surface area (Å²) >= 11 is 12.1. The van der Waals surface area contributed by atoms with Gasteiger partial charge >= 0.3 is 0 Å². The van der Waals surface area contributed by atoms with Gasteiger partial charge in [0, 0.05) is 16.1 Å². The van der Waals surface area contributed by atoms with Crippen LogP contribution in [0.3, 0.4) is 0 Å². The van der Waals surface area contributed by atoms with Gasteiger partial charge < -0.3 is 9.47 Å². The molecule has 0 bridgehead atoms. The molecular formula is C23H16Cl2O3. The van der Waals surface area contributed by atoms with Crippen LogP contribution >= 0.6 is 23.2 Å². The standard InChI is InChI=1S/C23H16Cl2O3/c1-14-10-18(27-13-15-6-8-17(24)9-7-15)12-20-22(14)23(26)21(28-20)11-16-4-2-3-5-19(16)25/h2-12H,13H2,1H3/b21-11-. The summed E-state index contributed by atoms with van der Waals surface area (Å²) < 4.78 is 11.7. The zero-order chi connectivity index (χ0) is 19.7. The first-order valence-corrected chi connectivity index (χ1v) is 9.47. The van der Waals surface area contributed by atoms with E-state index in [1.165, 1.54) is 0 Å². The van der Waals surface area contributed by atoms with Crippen molar-refractivity contribution in [1.29, 1.82) is 0 Å². The molecule has 1 heterocycles. The van der Waals surface area contributed by atoms with E-state index in [1.807, 2.05) is 55.5 Å². The van der Waals surface area contributed by atoms with Crippen molar-refractivity contribution in [1.82, 2.24) is 0 Å².